The first kappa shape index (κ1) is 9.92. The van der Waals surface area contributed by atoms with E-state index in [0.29, 0.717) is 6.54 Å². The van der Waals surface area contributed by atoms with E-state index in [4.69, 9.17) is 5.11 Å². The van der Waals surface area contributed by atoms with Crippen molar-refractivity contribution < 1.29 is 5.11 Å². The average molecular weight is 181 g/mol. The third-order valence-electron chi connectivity index (χ3n) is 1.75. The predicted molar refractivity (Wildman–Crippen MR) is 51.6 cm³/mol. The molecule has 1 heterocycles. The van der Waals surface area contributed by atoms with E-state index in [1.54, 1.807) is 6.20 Å². The lowest BCUT2D eigenvalue weighted by Gasteiger charge is -2.21. The standard InChI is InChI=1S/C9H15N3O/c1-2-5-12(6-7-13)9-3-4-10-8-11-9/h3-4,8,13H,2,5-7H2,1H3. The Morgan fingerprint density at radius 1 is 1.46 bits per heavy atom. The van der Waals surface area contributed by atoms with Gasteiger partial charge in [-0.25, -0.2) is 9.97 Å². The second kappa shape index (κ2) is 5.48. The summed E-state index contributed by atoms with van der Waals surface area (Å²) in [7, 11) is 0. The van der Waals surface area contributed by atoms with Crippen LogP contribution in [0.2, 0.25) is 0 Å². The first-order valence-corrected chi connectivity index (χ1v) is 4.50. The Morgan fingerprint density at radius 3 is 2.85 bits per heavy atom. The molecule has 0 saturated heterocycles. The van der Waals surface area contributed by atoms with Crippen molar-refractivity contribution >= 4 is 5.82 Å². The van der Waals surface area contributed by atoms with Crippen molar-refractivity contribution in [3.63, 3.8) is 0 Å². The van der Waals surface area contributed by atoms with Crippen molar-refractivity contribution in [3.8, 4) is 0 Å². The SMILES string of the molecule is CCCN(CCO)c1ccncn1. The third kappa shape index (κ3) is 2.99. The van der Waals surface area contributed by atoms with Crippen LogP contribution < -0.4 is 4.90 Å². The normalized spacial score (nSPS) is 10.0. The summed E-state index contributed by atoms with van der Waals surface area (Å²) >= 11 is 0. The smallest absolute Gasteiger partial charge is 0.131 e. The highest BCUT2D eigenvalue weighted by molar-refractivity contribution is 5.35. The Labute approximate surface area is 78.2 Å². The van der Waals surface area contributed by atoms with E-state index < -0.39 is 0 Å². The van der Waals surface area contributed by atoms with Gasteiger partial charge in [-0.05, 0) is 12.5 Å². The number of hydrogen-bond donors (Lipinski definition) is 1. The van der Waals surface area contributed by atoms with Crippen LogP contribution in [0.25, 0.3) is 0 Å². The zero-order valence-corrected chi connectivity index (χ0v) is 7.85. The number of aliphatic hydroxyl groups excluding tert-OH is 1. The Morgan fingerprint density at radius 2 is 2.31 bits per heavy atom. The fourth-order valence-electron chi connectivity index (χ4n) is 1.20. The summed E-state index contributed by atoms with van der Waals surface area (Å²) in [6.45, 7) is 3.80. The van der Waals surface area contributed by atoms with E-state index in [2.05, 4.69) is 16.9 Å². The number of aromatic nitrogens is 2. The molecule has 1 rings (SSSR count). The number of aliphatic hydroxyl groups is 1. The molecule has 72 valence electrons. The van der Waals surface area contributed by atoms with Gasteiger partial charge in [0.1, 0.15) is 12.1 Å². The second-order valence-electron chi connectivity index (χ2n) is 2.78. The lowest BCUT2D eigenvalue weighted by molar-refractivity contribution is 0.301. The minimum atomic E-state index is 0.157. The van der Waals surface area contributed by atoms with Gasteiger partial charge in [0.25, 0.3) is 0 Å². The van der Waals surface area contributed by atoms with Gasteiger partial charge in [0.05, 0.1) is 6.61 Å². The third-order valence-corrected chi connectivity index (χ3v) is 1.75. The topological polar surface area (TPSA) is 49.2 Å². The molecule has 13 heavy (non-hydrogen) atoms. The summed E-state index contributed by atoms with van der Waals surface area (Å²) in [6.07, 6.45) is 4.28. The number of nitrogens with zero attached hydrogens (tertiary/aromatic N) is 3. The molecule has 0 aromatic carbocycles. The molecule has 0 radical (unpaired) electrons. The molecule has 1 N–H and O–H groups in total. The van der Waals surface area contributed by atoms with Gasteiger partial charge in [0.15, 0.2) is 0 Å². The van der Waals surface area contributed by atoms with E-state index in [1.165, 1.54) is 6.33 Å². The van der Waals surface area contributed by atoms with Crippen LogP contribution in [-0.4, -0.2) is 34.8 Å². The summed E-state index contributed by atoms with van der Waals surface area (Å²) in [4.78, 5) is 10.0. The van der Waals surface area contributed by atoms with Crippen LogP contribution in [0.3, 0.4) is 0 Å². The Balaban J connectivity index is 2.64. The van der Waals surface area contributed by atoms with Gasteiger partial charge in [-0.15, -0.1) is 0 Å². The monoisotopic (exact) mass is 181 g/mol. The van der Waals surface area contributed by atoms with E-state index >= 15 is 0 Å². The largest absolute Gasteiger partial charge is 0.395 e. The fraction of sp³-hybridized carbons (Fsp3) is 0.556. The summed E-state index contributed by atoms with van der Waals surface area (Å²) in [5, 5.41) is 8.84. The zero-order chi connectivity index (χ0) is 9.52. The van der Waals surface area contributed by atoms with E-state index in [0.717, 1.165) is 18.8 Å². The molecule has 0 aliphatic rings. The van der Waals surface area contributed by atoms with Gasteiger partial charge >= 0.3 is 0 Å². The highest BCUT2D eigenvalue weighted by atomic mass is 16.3. The van der Waals surface area contributed by atoms with Crippen LogP contribution in [0.1, 0.15) is 13.3 Å². The Bertz CT molecular complexity index is 222. The maximum atomic E-state index is 8.84. The maximum absolute atomic E-state index is 8.84. The zero-order valence-electron chi connectivity index (χ0n) is 7.85. The van der Waals surface area contributed by atoms with Gasteiger partial charge in [-0.3, -0.25) is 0 Å². The molecule has 0 bridgehead atoms. The second-order valence-corrected chi connectivity index (χ2v) is 2.78. The van der Waals surface area contributed by atoms with Crippen molar-refractivity contribution in [2.45, 2.75) is 13.3 Å². The van der Waals surface area contributed by atoms with E-state index in [-0.39, 0.29) is 6.61 Å². The van der Waals surface area contributed by atoms with Crippen LogP contribution in [0.5, 0.6) is 0 Å². The van der Waals surface area contributed by atoms with Crippen LogP contribution in [0, 0.1) is 0 Å². The number of hydrogen-bond acceptors (Lipinski definition) is 4. The van der Waals surface area contributed by atoms with Crippen LogP contribution >= 0.6 is 0 Å². The highest BCUT2D eigenvalue weighted by Crippen LogP contribution is 2.07. The summed E-state index contributed by atoms with van der Waals surface area (Å²) < 4.78 is 0. The van der Waals surface area contributed by atoms with Crippen molar-refractivity contribution in [1.82, 2.24) is 9.97 Å². The Hall–Kier alpha value is -1.16. The molecule has 0 saturated carbocycles. The van der Waals surface area contributed by atoms with Crippen molar-refractivity contribution in [2.75, 3.05) is 24.6 Å². The summed E-state index contributed by atoms with van der Waals surface area (Å²) in [6, 6.07) is 1.85. The molecule has 0 fully saturated rings. The van der Waals surface area contributed by atoms with Crippen LogP contribution in [0.15, 0.2) is 18.6 Å². The van der Waals surface area contributed by atoms with E-state index in [1.807, 2.05) is 11.0 Å². The van der Waals surface area contributed by atoms with E-state index in [9.17, 15) is 0 Å². The first-order valence-electron chi connectivity index (χ1n) is 4.50. The van der Waals surface area contributed by atoms with Crippen molar-refractivity contribution in [3.05, 3.63) is 18.6 Å². The molecule has 1 aromatic rings. The average Bonchev–Trinajstić information content (AvgIpc) is 2.19. The highest BCUT2D eigenvalue weighted by Gasteiger charge is 2.04. The minimum absolute atomic E-state index is 0.157. The van der Waals surface area contributed by atoms with Crippen LogP contribution in [0.4, 0.5) is 5.82 Å². The van der Waals surface area contributed by atoms with Gasteiger partial charge in [-0.1, -0.05) is 6.92 Å². The Kier molecular flexibility index (Phi) is 4.18. The molecule has 1 aromatic heterocycles. The minimum Gasteiger partial charge on any atom is -0.395 e. The fourth-order valence-corrected chi connectivity index (χ4v) is 1.20. The van der Waals surface area contributed by atoms with Gasteiger partial charge in [0, 0.05) is 19.3 Å². The molecule has 0 spiro atoms. The molecule has 0 amide bonds. The maximum Gasteiger partial charge on any atom is 0.131 e. The lowest BCUT2D eigenvalue weighted by Crippen LogP contribution is -2.28. The number of anilines is 1. The number of rotatable bonds is 5. The predicted octanol–water partition coefficient (Wildman–Crippen LogP) is 0.685. The van der Waals surface area contributed by atoms with Gasteiger partial charge in [-0.2, -0.15) is 0 Å². The van der Waals surface area contributed by atoms with Crippen molar-refractivity contribution in [1.29, 1.82) is 0 Å². The van der Waals surface area contributed by atoms with Crippen LogP contribution in [-0.2, 0) is 0 Å². The molecule has 0 unspecified atom stereocenters. The molecule has 4 heteroatoms. The molecule has 0 aliphatic carbocycles. The molecular weight excluding hydrogens is 166 g/mol. The summed E-state index contributed by atoms with van der Waals surface area (Å²) in [5.74, 6) is 0.880. The first-order chi connectivity index (χ1) is 6.38. The molecule has 0 aliphatic heterocycles. The van der Waals surface area contributed by atoms with Gasteiger partial charge in [0.2, 0.25) is 0 Å². The summed E-state index contributed by atoms with van der Waals surface area (Å²) in [5.41, 5.74) is 0. The lowest BCUT2D eigenvalue weighted by atomic mass is 10.4. The molecule has 0 atom stereocenters. The molecular formula is C9H15N3O. The van der Waals surface area contributed by atoms with Crippen molar-refractivity contribution in [2.24, 2.45) is 0 Å². The quantitative estimate of drug-likeness (QED) is 0.726. The van der Waals surface area contributed by atoms with Gasteiger partial charge < -0.3 is 10.0 Å². The molecule has 4 nitrogen and oxygen atoms in total.